The Hall–Kier alpha value is -2.18. The molecule has 2 fully saturated rings. The van der Waals surface area contributed by atoms with E-state index >= 15 is 0 Å². The van der Waals surface area contributed by atoms with E-state index < -0.39 is 38.4 Å². The lowest BCUT2D eigenvalue weighted by molar-refractivity contribution is -0.910. The van der Waals surface area contributed by atoms with Gasteiger partial charge in [-0.25, -0.2) is 31.3 Å². The third-order valence-electron chi connectivity index (χ3n) is 4.66. The van der Waals surface area contributed by atoms with Gasteiger partial charge in [0.2, 0.25) is 10.0 Å². The van der Waals surface area contributed by atoms with Crippen molar-refractivity contribution >= 4 is 22.0 Å². The van der Waals surface area contributed by atoms with Crippen LogP contribution < -0.4 is 4.90 Å². The first kappa shape index (κ1) is 19.6. The fourth-order valence-electron chi connectivity index (χ4n) is 3.10. The van der Waals surface area contributed by atoms with Crippen molar-refractivity contribution in [1.29, 1.82) is 0 Å². The SMILES string of the molecule is CN1CC(=O)N(C[NH+]2CCN(S(=O)(=O)c3ccc(F)c(F)c3F)CC2)C1=O. The number of halogens is 3. The van der Waals surface area contributed by atoms with Gasteiger partial charge < -0.3 is 9.80 Å². The quantitative estimate of drug-likeness (QED) is 0.505. The zero-order chi connectivity index (χ0) is 19.9. The summed E-state index contributed by atoms with van der Waals surface area (Å²) in [5.74, 6) is -5.38. The highest BCUT2D eigenvalue weighted by atomic mass is 32.2. The van der Waals surface area contributed by atoms with E-state index in [1.807, 2.05) is 0 Å². The van der Waals surface area contributed by atoms with Crippen LogP contribution in [0.4, 0.5) is 18.0 Å². The molecule has 148 valence electrons. The van der Waals surface area contributed by atoms with Crippen molar-refractivity contribution in [2.45, 2.75) is 4.90 Å². The first-order valence-corrected chi connectivity index (χ1v) is 9.59. The molecule has 1 N–H and O–H groups in total. The molecule has 3 amide bonds. The van der Waals surface area contributed by atoms with Crippen molar-refractivity contribution in [1.82, 2.24) is 14.1 Å². The fourth-order valence-corrected chi connectivity index (χ4v) is 4.59. The number of hydrogen-bond acceptors (Lipinski definition) is 4. The van der Waals surface area contributed by atoms with Gasteiger partial charge in [-0.3, -0.25) is 4.79 Å². The van der Waals surface area contributed by atoms with Crippen LogP contribution in [-0.4, -0.2) is 80.9 Å². The number of sulfonamides is 1. The third kappa shape index (κ3) is 3.51. The topological polar surface area (TPSA) is 82.4 Å². The number of likely N-dealkylation sites (N-methyl/N-ethyl adjacent to an activating group) is 1. The minimum absolute atomic E-state index is 0.00201. The van der Waals surface area contributed by atoms with Gasteiger partial charge in [0.1, 0.15) is 11.4 Å². The molecule has 0 radical (unpaired) electrons. The molecule has 0 aliphatic carbocycles. The zero-order valence-corrected chi connectivity index (χ0v) is 15.2. The number of hydrogen-bond donors (Lipinski definition) is 1. The van der Waals surface area contributed by atoms with Crippen molar-refractivity contribution in [3.63, 3.8) is 0 Å². The molecule has 2 aliphatic heterocycles. The van der Waals surface area contributed by atoms with Crippen LogP contribution in [0.15, 0.2) is 17.0 Å². The van der Waals surface area contributed by atoms with Crippen molar-refractivity contribution in [3.8, 4) is 0 Å². The molecule has 2 aliphatic rings. The monoisotopic (exact) mass is 407 g/mol. The van der Waals surface area contributed by atoms with E-state index in [2.05, 4.69) is 0 Å². The van der Waals surface area contributed by atoms with Crippen LogP contribution in [0.1, 0.15) is 0 Å². The van der Waals surface area contributed by atoms with Gasteiger partial charge >= 0.3 is 6.03 Å². The number of quaternary nitrogens is 1. The maximum absolute atomic E-state index is 13.9. The van der Waals surface area contributed by atoms with E-state index in [4.69, 9.17) is 0 Å². The predicted octanol–water partition coefficient (Wildman–Crippen LogP) is -1.16. The van der Waals surface area contributed by atoms with Crippen LogP contribution in [0.25, 0.3) is 0 Å². The van der Waals surface area contributed by atoms with E-state index in [0.29, 0.717) is 12.1 Å². The molecule has 0 bridgehead atoms. The normalized spacial score (nSPS) is 20.0. The molecule has 1 aromatic carbocycles. The number of benzene rings is 1. The number of carbonyl (C=O) groups excluding carboxylic acids is 2. The summed E-state index contributed by atoms with van der Waals surface area (Å²) in [6.07, 6.45) is 0. The van der Waals surface area contributed by atoms with Gasteiger partial charge in [0.05, 0.1) is 26.2 Å². The fraction of sp³-hybridized carbons (Fsp3) is 0.467. The highest BCUT2D eigenvalue weighted by Gasteiger charge is 2.38. The van der Waals surface area contributed by atoms with Crippen LogP contribution in [0.5, 0.6) is 0 Å². The van der Waals surface area contributed by atoms with E-state index in [1.54, 1.807) is 0 Å². The molecule has 27 heavy (non-hydrogen) atoms. The average molecular weight is 407 g/mol. The molecule has 1 aromatic rings. The van der Waals surface area contributed by atoms with Crippen molar-refractivity contribution in [2.75, 3.05) is 46.4 Å². The van der Waals surface area contributed by atoms with E-state index in [0.717, 1.165) is 14.1 Å². The summed E-state index contributed by atoms with van der Waals surface area (Å²) in [4.78, 5) is 26.0. The van der Waals surface area contributed by atoms with Gasteiger partial charge in [0.15, 0.2) is 24.1 Å². The molecule has 8 nitrogen and oxygen atoms in total. The number of rotatable bonds is 4. The van der Waals surface area contributed by atoms with Crippen molar-refractivity contribution in [2.24, 2.45) is 0 Å². The number of nitrogens with zero attached hydrogens (tertiary/aromatic N) is 3. The molecular weight excluding hydrogens is 389 g/mol. The van der Waals surface area contributed by atoms with E-state index in [9.17, 15) is 31.2 Å². The number of urea groups is 1. The molecule has 2 heterocycles. The van der Waals surface area contributed by atoms with Gasteiger partial charge in [-0.05, 0) is 12.1 Å². The van der Waals surface area contributed by atoms with Gasteiger partial charge in [0, 0.05) is 7.05 Å². The molecule has 0 saturated carbocycles. The van der Waals surface area contributed by atoms with Crippen LogP contribution >= 0.6 is 0 Å². The van der Waals surface area contributed by atoms with Crippen LogP contribution in [-0.2, 0) is 14.8 Å². The van der Waals surface area contributed by atoms with Gasteiger partial charge in [-0.15, -0.1) is 0 Å². The molecule has 0 atom stereocenters. The lowest BCUT2D eigenvalue weighted by atomic mass is 10.3. The summed E-state index contributed by atoms with van der Waals surface area (Å²) in [7, 11) is -2.82. The Labute approximate surface area is 153 Å². The summed E-state index contributed by atoms with van der Waals surface area (Å²) in [5.41, 5.74) is 0. The first-order chi connectivity index (χ1) is 12.6. The molecule has 2 saturated heterocycles. The first-order valence-electron chi connectivity index (χ1n) is 8.15. The summed E-state index contributed by atoms with van der Waals surface area (Å²) in [6, 6.07) is 0.847. The number of piperazine rings is 1. The largest absolute Gasteiger partial charge is 0.331 e. The van der Waals surface area contributed by atoms with Crippen molar-refractivity contribution < 1.29 is 36.1 Å². The number of carbonyl (C=O) groups is 2. The Morgan fingerprint density at radius 2 is 1.70 bits per heavy atom. The highest BCUT2D eigenvalue weighted by Crippen LogP contribution is 2.23. The summed E-state index contributed by atoms with van der Waals surface area (Å²) < 4.78 is 66.3. The zero-order valence-electron chi connectivity index (χ0n) is 14.4. The van der Waals surface area contributed by atoms with Crippen LogP contribution in [0.3, 0.4) is 0 Å². The van der Waals surface area contributed by atoms with Gasteiger partial charge in [0.25, 0.3) is 5.91 Å². The van der Waals surface area contributed by atoms with E-state index in [1.165, 1.54) is 11.9 Å². The Morgan fingerprint density at radius 1 is 1.07 bits per heavy atom. The molecule has 0 aromatic heterocycles. The maximum atomic E-state index is 13.9. The molecular formula is C15H18F3N4O4S+. The minimum atomic E-state index is -4.33. The summed E-state index contributed by atoms with van der Waals surface area (Å²) >= 11 is 0. The van der Waals surface area contributed by atoms with Gasteiger partial charge in [-0.1, -0.05) is 0 Å². The molecule has 0 unspecified atom stereocenters. The lowest BCUT2D eigenvalue weighted by Crippen LogP contribution is -3.16. The predicted molar refractivity (Wildman–Crippen MR) is 85.5 cm³/mol. The Morgan fingerprint density at radius 3 is 2.26 bits per heavy atom. The standard InChI is InChI=1S/C15H17F3N4O4S/c1-19-8-12(23)22(15(19)24)9-20-4-6-21(7-5-20)27(25,26)11-3-2-10(16)13(17)14(11)18/h2-3H,4-9H2,1H3/p+1. The van der Waals surface area contributed by atoms with E-state index in [-0.39, 0.29) is 45.3 Å². The average Bonchev–Trinajstić information content (AvgIpc) is 2.86. The second-order valence-electron chi connectivity index (χ2n) is 6.45. The summed E-state index contributed by atoms with van der Waals surface area (Å²) in [6.45, 7) is 0.623. The minimum Gasteiger partial charge on any atom is -0.318 e. The Balaban J connectivity index is 1.68. The maximum Gasteiger partial charge on any atom is 0.331 e. The third-order valence-corrected chi connectivity index (χ3v) is 6.58. The van der Waals surface area contributed by atoms with Crippen LogP contribution in [0, 0.1) is 17.5 Å². The van der Waals surface area contributed by atoms with Crippen molar-refractivity contribution in [3.05, 3.63) is 29.6 Å². The van der Waals surface area contributed by atoms with Crippen LogP contribution in [0.2, 0.25) is 0 Å². The number of nitrogens with one attached hydrogen (secondary N) is 1. The number of amides is 3. The lowest BCUT2D eigenvalue weighted by Gasteiger charge is -2.32. The second kappa shape index (κ2) is 7.09. The second-order valence-corrected chi connectivity index (χ2v) is 8.35. The highest BCUT2D eigenvalue weighted by molar-refractivity contribution is 7.89. The number of imide groups is 1. The summed E-state index contributed by atoms with van der Waals surface area (Å²) in [5, 5.41) is 0. The molecule has 3 rings (SSSR count). The molecule has 12 heteroatoms. The van der Waals surface area contributed by atoms with Gasteiger partial charge in [-0.2, -0.15) is 4.31 Å². The Bertz CT molecular complexity index is 887. The smallest absolute Gasteiger partial charge is 0.318 e. The Kier molecular flexibility index (Phi) is 5.14. The molecule has 0 spiro atoms.